The minimum Gasteiger partial charge on any atom is -0.508 e. The van der Waals surface area contributed by atoms with E-state index in [0.717, 1.165) is 6.07 Å². The van der Waals surface area contributed by atoms with Crippen molar-refractivity contribution < 1.29 is 19.0 Å². The minimum atomic E-state index is -0.512. The van der Waals surface area contributed by atoms with Crippen LogP contribution in [0.2, 0.25) is 0 Å². The summed E-state index contributed by atoms with van der Waals surface area (Å²) in [5.41, 5.74) is 0.119. The summed E-state index contributed by atoms with van der Waals surface area (Å²) in [5.74, 6) is -0.535. The van der Waals surface area contributed by atoms with Crippen molar-refractivity contribution in [1.82, 2.24) is 10.6 Å². The number of phenolic OH excluding ortho intramolecular Hbond substituents is 1. The van der Waals surface area contributed by atoms with E-state index < -0.39 is 17.5 Å². The Labute approximate surface area is 136 Å². The first-order chi connectivity index (χ1) is 10.7. The molecular formula is C17H25FN2O3. The predicted molar refractivity (Wildman–Crippen MR) is 87.9 cm³/mol. The highest BCUT2D eigenvalue weighted by Gasteiger charge is 2.15. The molecule has 0 saturated heterocycles. The maximum atomic E-state index is 12.9. The lowest BCUT2D eigenvalue weighted by Gasteiger charge is -2.19. The van der Waals surface area contributed by atoms with Crippen molar-refractivity contribution in [3.8, 4) is 5.75 Å². The largest absolute Gasteiger partial charge is 0.508 e. The van der Waals surface area contributed by atoms with Gasteiger partial charge in [-0.1, -0.05) is 18.2 Å². The average molecular weight is 324 g/mol. The Balaban J connectivity index is 2.29. The van der Waals surface area contributed by atoms with E-state index in [2.05, 4.69) is 10.6 Å². The lowest BCUT2D eigenvalue weighted by atomic mass is 10.1. The molecule has 3 N–H and O–H groups in total. The first-order valence-corrected chi connectivity index (χ1v) is 7.52. The topological polar surface area (TPSA) is 70.6 Å². The van der Waals surface area contributed by atoms with Crippen LogP contribution in [0.4, 0.5) is 9.18 Å². The summed E-state index contributed by atoms with van der Waals surface area (Å²) in [6, 6.07) is 3.83. The number of benzene rings is 1. The van der Waals surface area contributed by atoms with Crippen molar-refractivity contribution in [2.75, 3.05) is 13.1 Å². The zero-order valence-electron chi connectivity index (χ0n) is 14.0. The third-order valence-corrected chi connectivity index (χ3v) is 2.93. The van der Waals surface area contributed by atoms with E-state index in [1.165, 1.54) is 6.07 Å². The molecule has 0 fully saturated rings. The number of alkyl carbamates (subject to hydrolysis) is 1. The molecule has 5 nitrogen and oxygen atoms in total. The summed E-state index contributed by atoms with van der Waals surface area (Å²) >= 11 is 0. The van der Waals surface area contributed by atoms with E-state index in [4.69, 9.17) is 4.74 Å². The number of phenols is 1. The zero-order chi connectivity index (χ0) is 17.5. The molecule has 1 rings (SSSR count). The summed E-state index contributed by atoms with van der Waals surface area (Å²) < 4.78 is 18.0. The van der Waals surface area contributed by atoms with Gasteiger partial charge in [-0.2, -0.15) is 0 Å². The quantitative estimate of drug-likeness (QED) is 0.703. The lowest BCUT2D eigenvalue weighted by Crippen LogP contribution is -2.32. The van der Waals surface area contributed by atoms with E-state index in [1.807, 2.05) is 13.0 Å². The van der Waals surface area contributed by atoms with E-state index >= 15 is 0 Å². The first kappa shape index (κ1) is 19.0. The number of rotatable bonds is 6. The van der Waals surface area contributed by atoms with E-state index in [0.29, 0.717) is 18.7 Å². The van der Waals surface area contributed by atoms with Gasteiger partial charge >= 0.3 is 6.09 Å². The molecule has 1 aromatic carbocycles. The Morgan fingerprint density at radius 2 is 2.00 bits per heavy atom. The van der Waals surface area contributed by atoms with Gasteiger partial charge in [-0.15, -0.1) is 0 Å². The number of carbonyl (C=O) groups is 1. The summed E-state index contributed by atoms with van der Waals surface area (Å²) in [6.07, 6.45) is 3.20. The standard InChI is InChI=1S/C17H25FN2O3/c1-12(14-8-7-13(18)11-15(14)21)19-9-5-6-10-20-16(22)23-17(2,3)4/h5-8,11-12,19,21H,9-10H2,1-4H3,(H,20,22)/b6-5+. The lowest BCUT2D eigenvalue weighted by molar-refractivity contribution is 0.0534. The van der Waals surface area contributed by atoms with Gasteiger partial charge in [0.05, 0.1) is 0 Å². The molecule has 0 aliphatic heterocycles. The molecule has 0 aromatic heterocycles. The predicted octanol–water partition coefficient (Wildman–Crippen LogP) is 3.26. The molecule has 1 unspecified atom stereocenters. The Morgan fingerprint density at radius 1 is 1.35 bits per heavy atom. The van der Waals surface area contributed by atoms with Gasteiger partial charge in [0.2, 0.25) is 0 Å². The van der Waals surface area contributed by atoms with E-state index in [1.54, 1.807) is 32.9 Å². The molecule has 1 aromatic rings. The van der Waals surface area contributed by atoms with Crippen molar-refractivity contribution in [2.45, 2.75) is 39.3 Å². The smallest absolute Gasteiger partial charge is 0.407 e. The number of hydrogen-bond acceptors (Lipinski definition) is 4. The molecule has 0 spiro atoms. The van der Waals surface area contributed by atoms with E-state index in [-0.39, 0.29) is 11.8 Å². The molecular weight excluding hydrogens is 299 g/mol. The molecule has 1 atom stereocenters. The second kappa shape index (κ2) is 8.53. The van der Waals surface area contributed by atoms with Gasteiger partial charge < -0.3 is 20.5 Å². The third kappa shape index (κ3) is 7.65. The number of amides is 1. The van der Waals surface area contributed by atoms with Crippen molar-refractivity contribution in [3.05, 3.63) is 41.7 Å². The van der Waals surface area contributed by atoms with Crippen molar-refractivity contribution >= 4 is 6.09 Å². The van der Waals surface area contributed by atoms with Gasteiger partial charge in [-0.05, 0) is 33.8 Å². The van der Waals surface area contributed by atoms with Gasteiger partial charge in [-0.25, -0.2) is 9.18 Å². The number of hydrogen-bond donors (Lipinski definition) is 3. The van der Waals surface area contributed by atoms with E-state index in [9.17, 15) is 14.3 Å². The molecule has 0 aliphatic carbocycles. The monoisotopic (exact) mass is 324 g/mol. The van der Waals surface area contributed by atoms with Crippen LogP contribution in [0.5, 0.6) is 5.75 Å². The van der Waals surface area contributed by atoms with Crippen LogP contribution in [-0.2, 0) is 4.74 Å². The Bertz CT molecular complexity index is 553. The number of halogens is 1. The fraction of sp³-hybridized carbons (Fsp3) is 0.471. The van der Waals surface area contributed by atoms with Crippen LogP contribution < -0.4 is 10.6 Å². The summed E-state index contributed by atoms with van der Waals surface area (Å²) in [5, 5.41) is 15.5. The summed E-state index contributed by atoms with van der Waals surface area (Å²) in [4.78, 5) is 11.4. The van der Waals surface area contributed by atoms with Crippen LogP contribution in [-0.4, -0.2) is 29.9 Å². The second-order valence-electron chi connectivity index (χ2n) is 6.19. The molecule has 0 bridgehead atoms. The SMILES string of the molecule is CC(NC/C=C/CNC(=O)OC(C)(C)C)c1ccc(F)cc1O. The van der Waals surface area contributed by atoms with Gasteiger partial charge in [0.1, 0.15) is 17.2 Å². The van der Waals surface area contributed by atoms with Crippen LogP contribution in [0.1, 0.15) is 39.3 Å². The van der Waals surface area contributed by atoms with Crippen LogP contribution in [0.25, 0.3) is 0 Å². The number of nitrogens with one attached hydrogen (secondary N) is 2. The van der Waals surface area contributed by atoms with Gasteiger partial charge in [0.25, 0.3) is 0 Å². The maximum absolute atomic E-state index is 12.9. The Kier molecular flexibility index (Phi) is 7.03. The fourth-order valence-electron chi connectivity index (χ4n) is 1.86. The maximum Gasteiger partial charge on any atom is 0.407 e. The van der Waals surface area contributed by atoms with Crippen molar-refractivity contribution in [3.63, 3.8) is 0 Å². The summed E-state index contributed by atoms with van der Waals surface area (Å²) in [6.45, 7) is 8.20. The van der Waals surface area contributed by atoms with Gasteiger partial charge in [0, 0.05) is 30.8 Å². The second-order valence-corrected chi connectivity index (χ2v) is 6.19. The highest BCUT2D eigenvalue weighted by Crippen LogP contribution is 2.24. The van der Waals surface area contributed by atoms with Crippen LogP contribution in [0, 0.1) is 5.82 Å². The highest BCUT2D eigenvalue weighted by atomic mass is 19.1. The molecule has 128 valence electrons. The molecule has 6 heteroatoms. The van der Waals surface area contributed by atoms with Gasteiger partial charge in [-0.3, -0.25) is 0 Å². The zero-order valence-corrected chi connectivity index (χ0v) is 14.0. The fourth-order valence-corrected chi connectivity index (χ4v) is 1.86. The third-order valence-electron chi connectivity index (χ3n) is 2.93. The van der Waals surface area contributed by atoms with Crippen molar-refractivity contribution in [2.24, 2.45) is 0 Å². The Morgan fingerprint density at radius 3 is 2.61 bits per heavy atom. The molecule has 1 amide bonds. The molecule has 23 heavy (non-hydrogen) atoms. The minimum absolute atomic E-state index is 0.0689. The molecule has 0 heterocycles. The number of aromatic hydroxyl groups is 1. The van der Waals surface area contributed by atoms with Gasteiger partial charge in [0.15, 0.2) is 0 Å². The average Bonchev–Trinajstić information content (AvgIpc) is 2.40. The van der Waals surface area contributed by atoms with Crippen molar-refractivity contribution in [1.29, 1.82) is 0 Å². The number of ether oxygens (including phenoxy) is 1. The van der Waals surface area contributed by atoms with Crippen LogP contribution >= 0.6 is 0 Å². The normalized spacial score (nSPS) is 13.1. The number of carbonyl (C=O) groups excluding carboxylic acids is 1. The van der Waals surface area contributed by atoms with Crippen LogP contribution in [0.3, 0.4) is 0 Å². The molecule has 0 saturated carbocycles. The molecule has 0 radical (unpaired) electrons. The summed E-state index contributed by atoms with van der Waals surface area (Å²) in [7, 11) is 0. The molecule has 0 aliphatic rings. The Hall–Kier alpha value is -2.08. The van der Waals surface area contributed by atoms with Crippen LogP contribution in [0.15, 0.2) is 30.4 Å². The highest BCUT2D eigenvalue weighted by molar-refractivity contribution is 5.67. The first-order valence-electron chi connectivity index (χ1n) is 7.52.